The lowest BCUT2D eigenvalue weighted by Crippen LogP contribution is -1.91. The number of carbonyl (C=O) groups excluding carboxylic acids is 1. The summed E-state index contributed by atoms with van der Waals surface area (Å²) in [6, 6.07) is 10.6. The van der Waals surface area contributed by atoms with Gasteiger partial charge < -0.3 is 9.47 Å². The van der Waals surface area contributed by atoms with Crippen LogP contribution in [0.5, 0.6) is 11.5 Å². The molecule has 0 spiro atoms. The molecule has 20 heavy (non-hydrogen) atoms. The van der Waals surface area contributed by atoms with E-state index in [0.29, 0.717) is 6.29 Å². The van der Waals surface area contributed by atoms with Gasteiger partial charge in [-0.05, 0) is 40.6 Å². The Morgan fingerprint density at radius 3 is 2.20 bits per heavy atom. The van der Waals surface area contributed by atoms with Gasteiger partial charge in [0.25, 0.3) is 0 Å². The number of hydrogen-bond donors (Lipinski definition) is 0. The smallest absolute Gasteiger partial charge is 0.160 e. The van der Waals surface area contributed by atoms with Crippen molar-refractivity contribution in [2.75, 3.05) is 14.2 Å². The van der Waals surface area contributed by atoms with Crippen molar-refractivity contribution in [3.05, 3.63) is 46.9 Å². The minimum absolute atomic E-state index is 0.0137. The number of carbonyl (C=O) groups is 1. The maximum atomic E-state index is 11.1. The zero-order chi connectivity index (χ0) is 14.5. The molecule has 0 aliphatic heterocycles. The molecule has 0 aromatic heterocycles. The topological polar surface area (TPSA) is 65.0 Å². The monoisotopic (exact) mass is 271 g/mol. The Hall–Kier alpha value is -2.69. The molecule has 2 aromatic carbocycles. The van der Waals surface area contributed by atoms with Crippen LogP contribution in [-0.2, 0) is 0 Å². The van der Waals surface area contributed by atoms with Gasteiger partial charge in [-0.1, -0.05) is 12.1 Å². The summed E-state index contributed by atoms with van der Waals surface area (Å²) in [5, 5.41) is 2.85. The van der Waals surface area contributed by atoms with E-state index < -0.39 is 0 Å². The van der Waals surface area contributed by atoms with Crippen LogP contribution in [0.4, 0.5) is 5.69 Å². The maximum Gasteiger partial charge on any atom is 0.160 e. The minimum Gasteiger partial charge on any atom is -0.497 e. The molecule has 2 rings (SSSR count). The van der Waals surface area contributed by atoms with Gasteiger partial charge in [-0.25, -0.2) is 0 Å². The molecule has 0 N–H and O–H groups in total. The van der Waals surface area contributed by atoms with Crippen molar-refractivity contribution in [3.63, 3.8) is 0 Å². The van der Waals surface area contributed by atoms with Gasteiger partial charge in [0.05, 0.1) is 14.2 Å². The molecule has 0 aliphatic rings. The lowest BCUT2D eigenvalue weighted by molar-refractivity contribution is 0.112. The van der Waals surface area contributed by atoms with Crippen molar-refractivity contribution in [3.8, 4) is 22.6 Å². The third kappa shape index (κ3) is 2.51. The van der Waals surface area contributed by atoms with Crippen molar-refractivity contribution >= 4 is 12.0 Å². The first-order valence-electron chi connectivity index (χ1n) is 5.88. The van der Waals surface area contributed by atoms with Gasteiger partial charge in [0.1, 0.15) is 11.5 Å². The third-order valence-corrected chi connectivity index (χ3v) is 2.97. The number of benzene rings is 2. The highest BCUT2D eigenvalue weighted by molar-refractivity contribution is 5.89. The van der Waals surface area contributed by atoms with Crippen molar-refractivity contribution in [2.24, 2.45) is 5.18 Å². The Bertz CT molecular complexity index is 635. The van der Waals surface area contributed by atoms with E-state index in [-0.39, 0.29) is 17.0 Å². The molecule has 0 saturated heterocycles. The molecule has 5 heteroatoms. The summed E-state index contributed by atoms with van der Waals surface area (Å²) < 4.78 is 10.2. The van der Waals surface area contributed by atoms with Crippen molar-refractivity contribution in [1.29, 1.82) is 0 Å². The highest BCUT2D eigenvalue weighted by Crippen LogP contribution is 2.36. The fourth-order valence-corrected chi connectivity index (χ4v) is 1.92. The first kappa shape index (κ1) is 13.7. The van der Waals surface area contributed by atoms with Gasteiger partial charge in [0.2, 0.25) is 0 Å². The molecule has 0 amide bonds. The molecule has 0 radical (unpaired) electrons. The van der Waals surface area contributed by atoms with Crippen LogP contribution in [0.15, 0.2) is 41.6 Å². The summed E-state index contributed by atoms with van der Waals surface area (Å²) in [5.41, 5.74) is 1.86. The number of ether oxygens (including phenoxy) is 2. The second-order valence-electron chi connectivity index (χ2n) is 4.05. The maximum absolute atomic E-state index is 11.1. The van der Waals surface area contributed by atoms with E-state index >= 15 is 0 Å². The van der Waals surface area contributed by atoms with Crippen LogP contribution < -0.4 is 9.47 Å². The predicted molar refractivity (Wildman–Crippen MR) is 75.8 cm³/mol. The number of hydrogen-bond acceptors (Lipinski definition) is 5. The van der Waals surface area contributed by atoms with E-state index in [4.69, 9.17) is 9.47 Å². The summed E-state index contributed by atoms with van der Waals surface area (Å²) in [5.74, 6) is 1.01. The van der Waals surface area contributed by atoms with Crippen LogP contribution in [0.2, 0.25) is 0 Å². The zero-order valence-electron chi connectivity index (χ0n) is 11.1. The average Bonchev–Trinajstić information content (AvgIpc) is 2.53. The van der Waals surface area contributed by atoms with Crippen LogP contribution in [0.25, 0.3) is 11.1 Å². The number of aldehydes is 1. The highest BCUT2D eigenvalue weighted by atomic mass is 16.5. The molecule has 0 heterocycles. The summed E-state index contributed by atoms with van der Waals surface area (Å²) in [7, 11) is 3.02. The predicted octanol–water partition coefficient (Wildman–Crippen LogP) is 3.58. The van der Waals surface area contributed by atoms with Gasteiger partial charge in [0.15, 0.2) is 12.0 Å². The summed E-state index contributed by atoms with van der Waals surface area (Å²) in [6.45, 7) is 0. The molecule has 0 aliphatic carbocycles. The summed E-state index contributed by atoms with van der Waals surface area (Å²) in [4.78, 5) is 21.9. The van der Waals surface area contributed by atoms with Crippen LogP contribution in [-0.4, -0.2) is 20.5 Å². The van der Waals surface area contributed by atoms with E-state index in [1.165, 1.54) is 7.11 Å². The summed E-state index contributed by atoms with van der Waals surface area (Å²) >= 11 is 0. The Morgan fingerprint density at radius 2 is 1.70 bits per heavy atom. The molecule has 0 atom stereocenters. The molecular weight excluding hydrogens is 258 g/mol. The van der Waals surface area contributed by atoms with Gasteiger partial charge in [0, 0.05) is 5.56 Å². The second kappa shape index (κ2) is 5.97. The van der Waals surface area contributed by atoms with E-state index in [1.54, 1.807) is 19.2 Å². The first-order valence-corrected chi connectivity index (χ1v) is 5.88. The Morgan fingerprint density at radius 1 is 1.00 bits per heavy atom. The normalized spacial score (nSPS) is 9.90. The second-order valence-corrected chi connectivity index (χ2v) is 4.05. The zero-order valence-corrected chi connectivity index (χ0v) is 11.1. The van der Waals surface area contributed by atoms with Gasteiger partial charge in [-0.2, -0.15) is 0 Å². The Balaban J connectivity index is 2.55. The van der Waals surface area contributed by atoms with Crippen molar-refractivity contribution < 1.29 is 14.3 Å². The van der Waals surface area contributed by atoms with Crippen LogP contribution in [0, 0.1) is 4.91 Å². The lowest BCUT2D eigenvalue weighted by atomic mass is 10.0. The van der Waals surface area contributed by atoms with Gasteiger partial charge in [-0.3, -0.25) is 4.79 Å². The fraction of sp³-hybridized carbons (Fsp3) is 0.133. The molecule has 2 aromatic rings. The third-order valence-electron chi connectivity index (χ3n) is 2.97. The fourth-order valence-electron chi connectivity index (χ4n) is 1.92. The lowest BCUT2D eigenvalue weighted by Gasteiger charge is -2.09. The first-order chi connectivity index (χ1) is 9.73. The largest absolute Gasteiger partial charge is 0.497 e. The summed E-state index contributed by atoms with van der Waals surface area (Å²) in [6.07, 6.45) is 0.590. The number of nitrogens with zero attached hydrogens (tertiary/aromatic N) is 1. The average molecular weight is 271 g/mol. The van der Waals surface area contributed by atoms with Crippen LogP contribution >= 0.6 is 0 Å². The van der Waals surface area contributed by atoms with Gasteiger partial charge in [-0.15, -0.1) is 4.91 Å². The molecule has 0 unspecified atom stereocenters. The Kier molecular flexibility index (Phi) is 4.10. The van der Waals surface area contributed by atoms with E-state index in [0.717, 1.165) is 16.9 Å². The van der Waals surface area contributed by atoms with Crippen LogP contribution in [0.3, 0.4) is 0 Å². The molecular formula is C15H13NO4. The van der Waals surface area contributed by atoms with Gasteiger partial charge >= 0.3 is 0 Å². The number of rotatable bonds is 5. The van der Waals surface area contributed by atoms with Crippen LogP contribution in [0.1, 0.15) is 10.4 Å². The Labute approximate surface area is 116 Å². The van der Waals surface area contributed by atoms with E-state index in [9.17, 15) is 9.70 Å². The van der Waals surface area contributed by atoms with E-state index in [2.05, 4.69) is 5.18 Å². The highest BCUT2D eigenvalue weighted by Gasteiger charge is 2.13. The number of methoxy groups -OCH3 is 2. The quantitative estimate of drug-likeness (QED) is 0.615. The minimum atomic E-state index is 0.0137. The van der Waals surface area contributed by atoms with Crippen molar-refractivity contribution in [1.82, 2.24) is 0 Å². The molecule has 0 saturated carbocycles. The van der Waals surface area contributed by atoms with E-state index in [1.807, 2.05) is 24.3 Å². The molecule has 0 bridgehead atoms. The number of nitroso groups, excluding NO2 is 1. The molecule has 5 nitrogen and oxygen atoms in total. The van der Waals surface area contributed by atoms with Crippen molar-refractivity contribution in [2.45, 2.75) is 0 Å². The molecule has 102 valence electrons. The SMILES string of the molecule is COc1ccc(-c2cc(C=O)c(N=O)c(OC)c2)cc1. The standard InChI is InChI=1S/C15H13NO4/c1-19-13-5-3-10(4-6-13)11-7-12(9-17)15(16-18)14(8-11)20-2/h3-9H,1-2H3. The molecule has 0 fully saturated rings.